The van der Waals surface area contributed by atoms with Crippen LogP contribution >= 0.6 is 0 Å². The van der Waals surface area contributed by atoms with Crippen LogP contribution in [-0.2, 0) is 9.57 Å². The average molecular weight is 334 g/mol. The minimum Gasteiger partial charge on any atom is -0.350 e. The molecule has 1 amide bonds. The molecule has 132 valence electrons. The van der Waals surface area contributed by atoms with E-state index in [4.69, 9.17) is 9.57 Å². The quantitative estimate of drug-likeness (QED) is 0.833. The minimum atomic E-state index is -0.359. The van der Waals surface area contributed by atoms with Crippen LogP contribution in [0.4, 0.5) is 5.95 Å². The van der Waals surface area contributed by atoms with E-state index in [1.165, 1.54) is 19.3 Å². The second-order valence-electron chi connectivity index (χ2n) is 6.46. The number of hydroxylamine groups is 1. The maximum atomic E-state index is 12.1. The van der Waals surface area contributed by atoms with Crippen molar-refractivity contribution in [3.8, 4) is 0 Å². The molecule has 0 bridgehead atoms. The SMILES string of the molecule is CCC1CCN(c2ncc(C(=O)NOC3CCCCO3)cn2)CC1. The Kier molecular flexibility index (Phi) is 5.98. The summed E-state index contributed by atoms with van der Waals surface area (Å²) >= 11 is 0. The summed E-state index contributed by atoms with van der Waals surface area (Å²) in [6.07, 6.45) is 9.22. The van der Waals surface area contributed by atoms with Crippen molar-refractivity contribution in [2.24, 2.45) is 5.92 Å². The summed E-state index contributed by atoms with van der Waals surface area (Å²) in [7, 11) is 0. The van der Waals surface area contributed by atoms with Gasteiger partial charge >= 0.3 is 0 Å². The Morgan fingerprint density at radius 3 is 2.67 bits per heavy atom. The predicted octanol–water partition coefficient (Wildman–Crippen LogP) is 2.29. The van der Waals surface area contributed by atoms with Gasteiger partial charge in [-0.2, -0.15) is 0 Å². The molecule has 0 radical (unpaired) electrons. The first-order valence-corrected chi connectivity index (χ1v) is 8.91. The van der Waals surface area contributed by atoms with E-state index in [-0.39, 0.29) is 12.2 Å². The van der Waals surface area contributed by atoms with Gasteiger partial charge in [0.2, 0.25) is 5.95 Å². The number of ether oxygens (including phenoxy) is 1. The van der Waals surface area contributed by atoms with Crippen molar-refractivity contribution in [3.05, 3.63) is 18.0 Å². The van der Waals surface area contributed by atoms with Crippen molar-refractivity contribution in [2.75, 3.05) is 24.6 Å². The van der Waals surface area contributed by atoms with Crippen molar-refractivity contribution in [1.82, 2.24) is 15.4 Å². The van der Waals surface area contributed by atoms with Gasteiger partial charge in [-0.05, 0) is 31.6 Å². The summed E-state index contributed by atoms with van der Waals surface area (Å²) in [5.74, 6) is 1.16. The highest BCUT2D eigenvalue weighted by molar-refractivity contribution is 5.92. The smallest absolute Gasteiger partial charge is 0.278 e. The number of amides is 1. The summed E-state index contributed by atoms with van der Waals surface area (Å²) in [4.78, 5) is 28.2. The highest BCUT2D eigenvalue weighted by Crippen LogP contribution is 2.22. The number of nitrogens with zero attached hydrogens (tertiary/aromatic N) is 3. The van der Waals surface area contributed by atoms with E-state index >= 15 is 0 Å². The van der Waals surface area contributed by atoms with E-state index in [0.717, 1.165) is 38.3 Å². The first kappa shape index (κ1) is 17.1. The molecule has 1 unspecified atom stereocenters. The third kappa shape index (κ3) is 4.42. The lowest BCUT2D eigenvalue weighted by Gasteiger charge is -2.31. The van der Waals surface area contributed by atoms with Crippen molar-refractivity contribution in [2.45, 2.75) is 51.7 Å². The van der Waals surface area contributed by atoms with E-state index < -0.39 is 0 Å². The zero-order valence-corrected chi connectivity index (χ0v) is 14.2. The maximum Gasteiger partial charge on any atom is 0.278 e. The van der Waals surface area contributed by atoms with Crippen molar-refractivity contribution in [3.63, 3.8) is 0 Å². The molecule has 1 N–H and O–H groups in total. The molecule has 1 atom stereocenters. The number of nitrogens with one attached hydrogen (secondary N) is 1. The first-order chi connectivity index (χ1) is 11.8. The molecule has 1 aromatic heterocycles. The number of hydrogen-bond donors (Lipinski definition) is 1. The topological polar surface area (TPSA) is 76.6 Å². The fourth-order valence-corrected chi connectivity index (χ4v) is 3.13. The molecule has 2 fully saturated rings. The van der Waals surface area contributed by atoms with Crippen LogP contribution in [0.5, 0.6) is 0 Å². The Morgan fingerprint density at radius 1 is 1.29 bits per heavy atom. The van der Waals surface area contributed by atoms with Crippen LogP contribution in [0.25, 0.3) is 0 Å². The molecule has 2 aliphatic heterocycles. The van der Waals surface area contributed by atoms with Gasteiger partial charge in [0.15, 0.2) is 6.29 Å². The zero-order chi connectivity index (χ0) is 16.8. The van der Waals surface area contributed by atoms with Gasteiger partial charge in [0.05, 0.1) is 5.56 Å². The van der Waals surface area contributed by atoms with Crippen LogP contribution in [0.2, 0.25) is 0 Å². The zero-order valence-electron chi connectivity index (χ0n) is 14.2. The van der Waals surface area contributed by atoms with E-state index in [2.05, 4.69) is 27.3 Å². The summed E-state index contributed by atoms with van der Waals surface area (Å²) in [5.41, 5.74) is 2.81. The fourth-order valence-electron chi connectivity index (χ4n) is 3.13. The normalized spacial score (nSPS) is 22.4. The van der Waals surface area contributed by atoms with E-state index in [1.807, 2.05) is 0 Å². The lowest BCUT2D eigenvalue weighted by molar-refractivity contribution is -0.186. The number of aromatic nitrogens is 2. The molecule has 2 aliphatic rings. The van der Waals surface area contributed by atoms with Gasteiger partial charge in [0, 0.05) is 38.5 Å². The molecule has 7 nitrogen and oxygen atoms in total. The number of hydrogen-bond acceptors (Lipinski definition) is 6. The molecule has 7 heteroatoms. The van der Waals surface area contributed by atoms with Gasteiger partial charge in [-0.15, -0.1) is 0 Å². The number of piperidine rings is 1. The van der Waals surface area contributed by atoms with E-state index in [1.54, 1.807) is 12.4 Å². The molecule has 2 saturated heterocycles. The standard InChI is InChI=1S/C17H26N4O3/c1-2-13-6-8-21(9-7-13)17-18-11-14(12-19-17)16(22)20-24-15-5-3-4-10-23-15/h11-13,15H,2-10H2,1H3,(H,20,22). The van der Waals surface area contributed by atoms with Crippen LogP contribution in [0.15, 0.2) is 12.4 Å². The third-order valence-corrected chi connectivity index (χ3v) is 4.80. The second-order valence-corrected chi connectivity index (χ2v) is 6.46. The Labute approximate surface area is 142 Å². The molecular formula is C17H26N4O3. The van der Waals surface area contributed by atoms with Gasteiger partial charge < -0.3 is 9.64 Å². The Balaban J connectivity index is 1.49. The van der Waals surface area contributed by atoms with Gasteiger partial charge in [0.25, 0.3) is 5.91 Å². The minimum absolute atomic E-state index is 0.347. The van der Waals surface area contributed by atoms with Crippen LogP contribution in [0.1, 0.15) is 55.8 Å². The van der Waals surface area contributed by atoms with Gasteiger partial charge in [-0.1, -0.05) is 13.3 Å². The molecule has 1 aromatic rings. The molecule has 0 spiro atoms. The van der Waals surface area contributed by atoms with Crippen LogP contribution in [-0.4, -0.2) is 41.9 Å². The summed E-state index contributed by atoms with van der Waals surface area (Å²) in [6.45, 7) is 4.87. The molecule has 0 saturated carbocycles. The Hall–Kier alpha value is -1.73. The van der Waals surface area contributed by atoms with Crippen LogP contribution in [0.3, 0.4) is 0 Å². The second kappa shape index (κ2) is 8.39. The Morgan fingerprint density at radius 2 is 2.04 bits per heavy atom. The third-order valence-electron chi connectivity index (χ3n) is 4.80. The monoisotopic (exact) mass is 334 g/mol. The van der Waals surface area contributed by atoms with E-state index in [0.29, 0.717) is 18.1 Å². The lowest BCUT2D eigenvalue weighted by Crippen LogP contribution is -2.35. The van der Waals surface area contributed by atoms with Crippen molar-refractivity contribution < 1.29 is 14.4 Å². The summed E-state index contributed by atoms with van der Waals surface area (Å²) < 4.78 is 5.41. The molecule has 0 aromatic carbocycles. The largest absolute Gasteiger partial charge is 0.350 e. The molecule has 0 aliphatic carbocycles. The molecule has 24 heavy (non-hydrogen) atoms. The Bertz CT molecular complexity index is 523. The summed E-state index contributed by atoms with van der Waals surface area (Å²) in [5, 5.41) is 0. The number of rotatable bonds is 5. The van der Waals surface area contributed by atoms with Gasteiger partial charge in [-0.25, -0.2) is 20.3 Å². The maximum absolute atomic E-state index is 12.1. The molecule has 3 heterocycles. The van der Waals surface area contributed by atoms with Crippen molar-refractivity contribution in [1.29, 1.82) is 0 Å². The molecule has 3 rings (SSSR count). The summed E-state index contributed by atoms with van der Waals surface area (Å²) in [6, 6.07) is 0. The predicted molar refractivity (Wildman–Crippen MR) is 89.4 cm³/mol. The van der Waals surface area contributed by atoms with E-state index in [9.17, 15) is 4.79 Å². The highest BCUT2D eigenvalue weighted by Gasteiger charge is 2.20. The van der Waals surface area contributed by atoms with Crippen molar-refractivity contribution >= 4 is 11.9 Å². The average Bonchev–Trinajstić information content (AvgIpc) is 2.67. The number of carbonyl (C=O) groups is 1. The fraction of sp³-hybridized carbons (Fsp3) is 0.706. The first-order valence-electron chi connectivity index (χ1n) is 8.91. The number of carbonyl (C=O) groups excluding carboxylic acids is 1. The lowest BCUT2D eigenvalue weighted by atomic mass is 9.95. The van der Waals surface area contributed by atoms with Crippen LogP contribution < -0.4 is 10.4 Å². The van der Waals surface area contributed by atoms with Gasteiger partial charge in [0.1, 0.15) is 0 Å². The highest BCUT2D eigenvalue weighted by atomic mass is 16.8. The van der Waals surface area contributed by atoms with Gasteiger partial charge in [-0.3, -0.25) is 4.79 Å². The van der Waals surface area contributed by atoms with Crippen LogP contribution in [0, 0.1) is 5.92 Å². The number of anilines is 1. The molecular weight excluding hydrogens is 308 g/mol.